The predicted molar refractivity (Wildman–Crippen MR) is 76.6 cm³/mol. The highest BCUT2D eigenvalue weighted by atomic mass is 32.2. The van der Waals surface area contributed by atoms with E-state index < -0.39 is 16.0 Å². The smallest absolute Gasteiger partial charge is 0.335 e. The molecular formula is C13H18N2O5S. The van der Waals surface area contributed by atoms with Crippen molar-refractivity contribution in [3.63, 3.8) is 0 Å². The van der Waals surface area contributed by atoms with Gasteiger partial charge >= 0.3 is 5.97 Å². The molecule has 0 fully saturated rings. The van der Waals surface area contributed by atoms with Crippen LogP contribution in [0.5, 0.6) is 0 Å². The molecule has 1 rings (SSSR count). The van der Waals surface area contributed by atoms with Crippen molar-refractivity contribution in [3.05, 3.63) is 29.3 Å². The molecule has 0 bridgehead atoms. The summed E-state index contributed by atoms with van der Waals surface area (Å²) in [6, 6.07) is 3.87. The minimum Gasteiger partial charge on any atom is -0.478 e. The molecule has 0 radical (unpaired) electrons. The summed E-state index contributed by atoms with van der Waals surface area (Å²) in [5.74, 6) is -1.39. The average molecular weight is 314 g/mol. The molecule has 0 atom stereocenters. The number of amides is 1. The molecule has 8 heteroatoms. The SMILES string of the molecule is Cc1ccc(S(=O)(=O)NCCC(=O)N(C)C)cc1C(=O)O. The van der Waals surface area contributed by atoms with Crippen LogP contribution in [0.1, 0.15) is 22.3 Å². The van der Waals surface area contributed by atoms with E-state index in [2.05, 4.69) is 4.72 Å². The van der Waals surface area contributed by atoms with Crippen molar-refractivity contribution in [2.45, 2.75) is 18.2 Å². The lowest BCUT2D eigenvalue weighted by atomic mass is 10.1. The van der Waals surface area contributed by atoms with Crippen LogP contribution in [0.4, 0.5) is 0 Å². The fraction of sp³-hybridized carbons (Fsp3) is 0.385. The number of aryl methyl sites for hydroxylation is 1. The number of carbonyl (C=O) groups excluding carboxylic acids is 1. The van der Waals surface area contributed by atoms with Crippen molar-refractivity contribution in [2.24, 2.45) is 0 Å². The summed E-state index contributed by atoms with van der Waals surface area (Å²) in [6.45, 7) is 1.54. The molecule has 116 valence electrons. The van der Waals surface area contributed by atoms with Gasteiger partial charge in [-0.1, -0.05) is 6.07 Å². The average Bonchev–Trinajstić information content (AvgIpc) is 2.38. The molecular weight excluding hydrogens is 296 g/mol. The Balaban J connectivity index is 2.86. The van der Waals surface area contributed by atoms with E-state index in [4.69, 9.17) is 5.11 Å². The van der Waals surface area contributed by atoms with Crippen molar-refractivity contribution in [3.8, 4) is 0 Å². The maximum Gasteiger partial charge on any atom is 0.335 e. The van der Waals surface area contributed by atoms with Crippen molar-refractivity contribution >= 4 is 21.9 Å². The summed E-state index contributed by atoms with van der Waals surface area (Å²) in [4.78, 5) is 23.6. The number of nitrogens with one attached hydrogen (secondary N) is 1. The Bertz CT molecular complexity index is 653. The number of hydrogen-bond acceptors (Lipinski definition) is 4. The third-order valence-electron chi connectivity index (χ3n) is 2.88. The molecule has 0 aliphatic rings. The minimum absolute atomic E-state index is 0.0316. The largest absolute Gasteiger partial charge is 0.478 e. The van der Waals surface area contributed by atoms with Gasteiger partial charge in [0.25, 0.3) is 0 Å². The zero-order valence-corrected chi connectivity index (χ0v) is 12.9. The number of aromatic carboxylic acids is 1. The predicted octanol–water partition coefficient (Wildman–Crippen LogP) is 0.450. The summed E-state index contributed by atoms with van der Waals surface area (Å²) >= 11 is 0. The fourth-order valence-corrected chi connectivity index (χ4v) is 2.66. The lowest BCUT2D eigenvalue weighted by Crippen LogP contribution is -2.30. The highest BCUT2D eigenvalue weighted by Gasteiger charge is 2.18. The second-order valence-electron chi connectivity index (χ2n) is 4.72. The molecule has 7 nitrogen and oxygen atoms in total. The van der Waals surface area contributed by atoms with E-state index in [1.165, 1.54) is 17.0 Å². The number of sulfonamides is 1. The fourth-order valence-electron chi connectivity index (χ4n) is 1.60. The Labute approximate surface area is 123 Å². The maximum absolute atomic E-state index is 12.0. The molecule has 2 N–H and O–H groups in total. The van der Waals surface area contributed by atoms with E-state index in [1.807, 2.05) is 0 Å². The van der Waals surface area contributed by atoms with Gasteiger partial charge in [0.05, 0.1) is 10.5 Å². The second kappa shape index (κ2) is 6.68. The van der Waals surface area contributed by atoms with E-state index in [9.17, 15) is 18.0 Å². The number of hydrogen-bond donors (Lipinski definition) is 2. The summed E-state index contributed by atoms with van der Waals surface area (Å²) in [5.41, 5.74) is 0.409. The molecule has 1 aromatic carbocycles. The lowest BCUT2D eigenvalue weighted by Gasteiger charge is -2.11. The molecule has 1 amide bonds. The first kappa shape index (κ1) is 17.1. The van der Waals surface area contributed by atoms with E-state index in [-0.39, 0.29) is 29.3 Å². The van der Waals surface area contributed by atoms with Crippen molar-refractivity contribution in [1.29, 1.82) is 0 Å². The highest BCUT2D eigenvalue weighted by molar-refractivity contribution is 7.89. The quantitative estimate of drug-likeness (QED) is 0.793. The number of carboxylic acids is 1. The van der Waals surface area contributed by atoms with Crippen LogP contribution in [0.3, 0.4) is 0 Å². The third kappa shape index (κ3) is 4.54. The van der Waals surface area contributed by atoms with Gasteiger partial charge in [-0.2, -0.15) is 0 Å². The molecule has 0 unspecified atom stereocenters. The van der Waals surface area contributed by atoms with Crippen LogP contribution in [-0.4, -0.2) is 50.9 Å². The number of carboxylic acid groups (broad SMARTS) is 1. The van der Waals surface area contributed by atoms with Gasteiger partial charge < -0.3 is 10.0 Å². The van der Waals surface area contributed by atoms with Gasteiger partial charge in [-0.3, -0.25) is 4.79 Å². The van der Waals surface area contributed by atoms with Gasteiger partial charge in [0.1, 0.15) is 0 Å². The van der Waals surface area contributed by atoms with Crippen molar-refractivity contribution in [1.82, 2.24) is 9.62 Å². The first-order valence-electron chi connectivity index (χ1n) is 6.19. The first-order valence-corrected chi connectivity index (χ1v) is 7.67. The van der Waals surface area contributed by atoms with Gasteiger partial charge in [-0.05, 0) is 24.6 Å². The van der Waals surface area contributed by atoms with E-state index in [0.717, 1.165) is 6.07 Å². The zero-order valence-electron chi connectivity index (χ0n) is 12.1. The molecule has 0 aliphatic carbocycles. The molecule has 0 aromatic heterocycles. The number of carbonyl (C=O) groups is 2. The van der Waals surface area contributed by atoms with Crippen LogP contribution in [0, 0.1) is 6.92 Å². The Morgan fingerprint density at radius 2 is 1.90 bits per heavy atom. The van der Waals surface area contributed by atoms with E-state index >= 15 is 0 Å². The summed E-state index contributed by atoms with van der Waals surface area (Å²) in [6.07, 6.45) is 0.0316. The topological polar surface area (TPSA) is 104 Å². The van der Waals surface area contributed by atoms with Crippen molar-refractivity contribution in [2.75, 3.05) is 20.6 Å². The monoisotopic (exact) mass is 314 g/mol. The first-order chi connectivity index (χ1) is 9.65. The Kier molecular flexibility index (Phi) is 5.45. The number of benzene rings is 1. The van der Waals surface area contributed by atoms with Crippen LogP contribution in [0.2, 0.25) is 0 Å². The van der Waals surface area contributed by atoms with Crippen LogP contribution >= 0.6 is 0 Å². The normalized spacial score (nSPS) is 11.2. The number of nitrogens with zero attached hydrogens (tertiary/aromatic N) is 1. The maximum atomic E-state index is 12.0. The molecule has 0 saturated heterocycles. The number of rotatable bonds is 6. The van der Waals surface area contributed by atoms with Crippen LogP contribution in [-0.2, 0) is 14.8 Å². The van der Waals surface area contributed by atoms with Gasteiger partial charge in [-0.15, -0.1) is 0 Å². The molecule has 1 aromatic rings. The summed E-state index contributed by atoms with van der Waals surface area (Å²) in [5, 5.41) is 9.00. The Morgan fingerprint density at radius 1 is 1.29 bits per heavy atom. The standard InChI is InChI=1S/C13H18N2O5S/c1-9-4-5-10(8-11(9)13(17)18)21(19,20)14-7-6-12(16)15(2)3/h4-5,8,14H,6-7H2,1-3H3,(H,17,18). The minimum atomic E-state index is -3.84. The molecule has 21 heavy (non-hydrogen) atoms. The molecule has 0 saturated carbocycles. The summed E-state index contributed by atoms with van der Waals surface area (Å²) in [7, 11) is -0.680. The van der Waals surface area contributed by atoms with E-state index in [0.29, 0.717) is 5.56 Å². The van der Waals surface area contributed by atoms with Crippen LogP contribution in [0.15, 0.2) is 23.1 Å². The Morgan fingerprint density at radius 3 is 2.43 bits per heavy atom. The highest BCUT2D eigenvalue weighted by Crippen LogP contribution is 2.15. The Hall–Kier alpha value is -1.93. The molecule has 0 spiro atoms. The summed E-state index contributed by atoms with van der Waals surface area (Å²) < 4.78 is 26.4. The van der Waals surface area contributed by atoms with Crippen LogP contribution in [0.25, 0.3) is 0 Å². The molecule has 0 aliphatic heterocycles. The van der Waals surface area contributed by atoms with Gasteiger partial charge in [0.2, 0.25) is 15.9 Å². The lowest BCUT2D eigenvalue weighted by molar-refractivity contribution is -0.128. The molecule has 0 heterocycles. The van der Waals surface area contributed by atoms with E-state index in [1.54, 1.807) is 21.0 Å². The zero-order chi connectivity index (χ0) is 16.2. The van der Waals surface area contributed by atoms with Crippen LogP contribution < -0.4 is 4.72 Å². The van der Waals surface area contributed by atoms with Gasteiger partial charge in [0.15, 0.2) is 0 Å². The van der Waals surface area contributed by atoms with Gasteiger partial charge in [0, 0.05) is 27.1 Å². The second-order valence-corrected chi connectivity index (χ2v) is 6.48. The van der Waals surface area contributed by atoms with Gasteiger partial charge in [-0.25, -0.2) is 17.9 Å². The third-order valence-corrected chi connectivity index (χ3v) is 4.34. The van der Waals surface area contributed by atoms with Crippen molar-refractivity contribution < 1.29 is 23.1 Å².